The Kier molecular flexibility index (Phi) is 4.93. The first kappa shape index (κ1) is 14.8. The molecule has 0 aliphatic rings. The van der Waals surface area contributed by atoms with Crippen molar-refractivity contribution in [2.75, 3.05) is 5.32 Å². The molecule has 0 aliphatic heterocycles. The number of anilines is 1. The minimum absolute atomic E-state index is 0.110. The van der Waals surface area contributed by atoms with Gasteiger partial charge in [0.2, 0.25) is 0 Å². The Morgan fingerprint density at radius 1 is 1.25 bits per heavy atom. The standard InChI is InChI=1S/C15H16ClN3S/c1-10-3-4-13(9-14(10)16)19-15(20)18-11(2)12-5-7-17-8-6-12/h3-9,11H,1-2H3,(H2,18,19,20). The van der Waals surface area contributed by atoms with Gasteiger partial charge in [0.25, 0.3) is 0 Å². The number of nitrogens with zero attached hydrogens (tertiary/aromatic N) is 1. The summed E-state index contributed by atoms with van der Waals surface area (Å²) >= 11 is 11.4. The molecule has 0 fully saturated rings. The van der Waals surface area contributed by atoms with Crippen LogP contribution < -0.4 is 10.6 Å². The molecule has 1 atom stereocenters. The Bertz CT molecular complexity index is 601. The lowest BCUT2D eigenvalue weighted by Crippen LogP contribution is -2.30. The highest BCUT2D eigenvalue weighted by molar-refractivity contribution is 7.80. The number of benzene rings is 1. The van der Waals surface area contributed by atoms with Crippen molar-refractivity contribution in [1.29, 1.82) is 0 Å². The van der Waals surface area contributed by atoms with Gasteiger partial charge in [-0.2, -0.15) is 0 Å². The van der Waals surface area contributed by atoms with E-state index in [1.165, 1.54) is 0 Å². The number of aromatic nitrogens is 1. The van der Waals surface area contributed by atoms with Crippen molar-refractivity contribution in [2.24, 2.45) is 0 Å². The average Bonchev–Trinajstić information content (AvgIpc) is 2.44. The van der Waals surface area contributed by atoms with Gasteiger partial charge in [0, 0.05) is 23.1 Å². The monoisotopic (exact) mass is 305 g/mol. The van der Waals surface area contributed by atoms with Crippen molar-refractivity contribution in [2.45, 2.75) is 19.9 Å². The fourth-order valence-corrected chi connectivity index (χ4v) is 2.25. The predicted octanol–water partition coefficient (Wildman–Crippen LogP) is 4.09. The fourth-order valence-electron chi connectivity index (χ4n) is 1.77. The largest absolute Gasteiger partial charge is 0.356 e. The summed E-state index contributed by atoms with van der Waals surface area (Å²) in [6.45, 7) is 4.01. The molecule has 0 amide bonds. The van der Waals surface area contributed by atoms with Crippen molar-refractivity contribution in [3.05, 3.63) is 58.9 Å². The second-order valence-electron chi connectivity index (χ2n) is 4.56. The Morgan fingerprint density at radius 3 is 2.60 bits per heavy atom. The molecule has 0 saturated carbocycles. The Balaban J connectivity index is 1.97. The first-order chi connectivity index (χ1) is 9.56. The summed E-state index contributed by atoms with van der Waals surface area (Å²) in [5, 5.41) is 7.65. The molecule has 3 nitrogen and oxygen atoms in total. The van der Waals surface area contributed by atoms with Gasteiger partial charge >= 0.3 is 0 Å². The van der Waals surface area contributed by atoms with E-state index in [2.05, 4.69) is 15.6 Å². The summed E-state index contributed by atoms with van der Waals surface area (Å²) in [6, 6.07) is 9.80. The number of halogens is 1. The second-order valence-corrected chi connectivity index (χ2v) is 5.38. The van der Waals surface area contributed by atoms with Crippen LogP contribution >= 0.6 is 23.8 Å². The Labute approximate surface area is 129 Å². The van der Waals surface area contributed by atoms with E-state index in [1.54, 1.807) is 12.4 Å². The third kappa shape index (κ3) is 3.92. The topological polar surface area (TPSA) is 37.0 Å². The van der Waals surface area contributed by atoms with Crippen LogP contribution in [0.2, 0.25) is 5.02 Å². The van der Waals surface area contributed by atoms with Crippen LogP contribution in [-0.2, 0) is 0 Å². The molecule has 2 aromatic rings. The van der Waals surface area contributed by atoms with E-state index < -0.39 is 0 Å². The number of rotatable bonds is 3. The summed E-state index contributed by atoms with van der Waals surface area (Å²) in [7, 11) is 0. The smallest absolute Gasteiger partial charge is 0.171 e. The Morgan fingerprint density at radius 2 is 1.95 bits per heavy atom. The fraction of sp³-hybridized carbons (Fsp3) is 0.200. The van der Waals surface area contributed by atoms with Crippen molar-refractivity contribution in [3.8, 4) is 0 Å². The van der Waals surface area contributed by atoms with Gasteiger partial charge < -0.3 is 10.6 Å². The minimum Gasteiger partial charge on any atom is -0.356 e. The molecule has 2 rings (SSSR count). The summed E-state index contributed by atoms with van der Waals surface area (Å²) < 4.78 is 0. The number of hydrogen-bond acceptors (Lipinski definition) is 2. The summed E-state index contributed by atoms with van der Waals surface area (Å²) in [5.41, 5.74) is 3.05. The van der Waals surface area contributed by atoms with Gasteiger partial charge in [-0.15, -0.1) is 0 Å². The Hall–Kier alpha value is -1.65. The van der Waals surface area contributed by atoms with E-state index in [-0.39, 0.29) is 6.04 Å². The molecule has 0 saturated heterocycles. The molecule has 0 bridgehead atoms. The van der Waals surface area contributed by atoms with Crippen LogP contribution in [0.3, 0.4) is 0 Å². The highest BCUT2D eigenvalue weighted by atomic mass is 35.5. The molecule has 0 radical (unpaired) electrons. The van der Waals surface area contributed by atoms with Crippen molar-refractivity contribution < 1.29 is 0 Å². The van der Waals surface area contributed by atoms with Crippen molar-refractivity contribution in [1.82, 2.24) is 10.3 Å². The van der Waals surface area contributed by atoms with Gasteiger partial charge in [-0.05, 0) is 61.5 Å². The van der Waals surface area contributed by atoms with Gasteiger partial charge in [0.1, 0.15) is 0 Å². The molecule has 0 aliphatic carbocycles. The molecule has 5 heteroatoms. The third-order valence-corrected chi connectivity index (χ3v) is 3.61. The zero-order valence-corrected chi connectivity index (χ0v) is 12.9. The molecule has 20 heavy (non-hydrogen) atoms. The van der Waals surface area contributed by atoms with Gasteiger partial charge in [-0.25, -0.2) is 0 Å². The van der Waals surface area contributed by atoms with E-state index in [9.17, 15) is 0 Å². The van der Waals surface area contributed by atoms with E-state index >= 15 is 0 Å². The number of thiocarbonyl (C=S) groups is 1. The number of aryl methyl sites for hydroxylation is 1. The van der Waals surface area contributed by atoms with Crippen LogP contribution in [0.1, 0.15) is 24.1 Å². The zero-order valence-electron chi connectivity index (χ0n) is 11.4. The highest BCUT2D eigenvalue weighted by Crippen LogP contribution is 2.20. The molecule has 1 aromatic heterocycles. The van der Waals surface area contributed by atoms with Crippen LogP contribution in [0.4, 0.5) is 5.69 Å². The van der Waals surface area contributed by atoms with Crippen LogP contribution in [0.15, 0.2) is 42.7 Å². The van der Waals surface area contributed by atoms with Crippen LogP contribution in [0.5, 0.6) is 0 Å². The third-order valence-electron chi connectivity index (χ3n) is 2.98. The van der Waals surface area contributed by atoms with E-state index in [0.717, 1.165) is 21.8 Å². The molecule has 0 spiro atoms. The first-order valence-electron chi connectivity index (χ1n) is 6.30. The molecular weight excluding hydrogens is 290 g/mol. The normalized spacial score (nSPS) is 11.8. The second kappa shape index (κ2) is 6.68. The maximum atomic E-state index is 6.09. The first-order valence-corrected chi connectivity index (χ1v) is 7.08. The molecule has 1 unspecified atom stereocenters. The lowest BCUT2D eigenvalue weighted by atomic mass is 10.1. The minimum atomic E-state index is 0.110. The molecular formula is C15H16ClN3S. The summed E-state index contributed by atoms with van der Waals surface area (Å²) in [5.74, 6) is 0. The van der Waals surface area contributed by atoms with Gasteiger partial charge in [0.15, 0.2) is 5.11 Å². The number of hydrogen-bond donors (Lipinski definition) is 2. The van der Waals surface area contributed by atoms with Crippen molar-refractivity contribution >= 4 is 34.6 Å². The predicted molar refractivity (Wildman–Crippen MR) is 88.2 cm³/mol. The zero-order chi connectivity index (χ0) is 14.5. The molecule has 1 aromatic carbocycles. The lowest BCUT2D eigenvalue weighted by Gasteiger charge is -2.17. The van der Waals surface area contributed by atoms with E-state index in [0.29, 0.717) is 5.11 Å². The highest BCUT2D eigenvalue weighted by Gasteiger charge is 2.07. The SMILES string of the molecule is Cc1ccc(NC(=S)NC(C)c2ccncc2)cc1Cl. The van der Waals surface area contributed by atoms with E-state index in [4.69, 9.17) is 23.8 Å². The van der Waals surface area contributed by atoms with Crippen LogP contribution in [-0.4, -0.2) is 10.1 Å². The molecule has 104 valence electrons. The van der Waals surface area contributed by atoms with Crippen LogP contribution in [0.25, 0.3) is 0 Å². The summed E-state index contributed by atoms with van der Waals surface area (Å²) in [4.78, 5) is 4.00. The lowest BCUT2D eigenvalue weighted by molar-refractivity contribution is 0.721. The number of nitrogens with one attached hydrogen (secondary N) is 2. The maximum Gasteiger partial charge on any atom is 0.171 e. The maximum absolute atomic E-state index is 6.09. The molecule has 1 heterocycles. The van der Waals surface area contributed by atoms with Gasteiger partial charge in [0.05, 0.1) is 6.04 Å². The van der Waals surface area contributed by atoms with Gasteiger partial charge in [-0.1, -0.05) is 17.7 Å². The van der Waals surface area contributed by atoms with Gasteiger partial charge in [-0.3, -0.25) is 4.98 Å². The van der Waals surface area contributed by atoms with Crippen molar-refractivity contribution in [3.63, 3.8) is 0 Å². The summed E-state index contributed by atoms with van der Waals surface area (Å²) in [6.07, 6.45) is 3.54. The number of pyridine rings is 1. The van der Waals surface area contributed by atoms with E-state index in [1.807, 2.05) is 44.2 Å². The van der Waals surface area contributed by atoms with Crippen LogP contribution in [0, 0.1) is 6.92 Å². The quantitative estimate of drug-likeness (QED) is 0.838. The average molecular weight is 306 g/mol. The molecule has 2 N–H and O–H groups in total.